The van der Waals surface area contributed by atoms with E-state index in [1.54, 1.807) is 6.92 Å². The van der Waals surface area contributed by atoms with E-state index in [0.29, 0.717) is 11.5 Å². The summed E-state index contributed by atoms with van der Waals surface area (Å²) in [6, 6.07) is 0. The van der Waals surface area contributed by atoms with Crippen molar-refractivity contribution in [2.45, 2.75) is 32.3 Å². The summed E-state index contributed by atoms with van der Waals surface area (Å²) in [7, 11) is 2.69. The second kappa shape index (κ2) is 6.22. The van der Waals surface area contributed by atoms with Gasteiger partial charge >= 0.3 is 17.9 Å². The number of hydrogen-bond donors (Lipinski definition) is 0. The zero-order chi connectivity index (χ0) is 17.6. The maximum Gasteiger partial charge on any atom is 0.333 e. The number of carbonyl (C=O) groups is 3. The van der Waals surface area contributed by atoms with Crippen LogP contribution in [0, 0.1) is 35.5 Å². The van der Waals surface area contributed by atoms with Gasteiger partial charge in [0, 0.05) is 11.5 Å². The van der Waals surface area contributed by atoms with Crippen LogP contribution in [0.5, 0.6) is 0 Å². The SMILES string of the molecule is C=C(C)C(=O)OC1CCC2C3CC(C(C(=O)OC)C3C(=O)OC)C12. The minimum Gasteiger partial charge on any atom is -0.469 e. The minimum absolute atomic E-state index is 0.00183. The number of esters is 3. The van der Waals surface area contributed by atoms with E-state index in [0.717, 1.165) is 19.3 Å². The molecular weight excluding hydrogens is 312 g/mol. The molecule has 0 heterocycles. The van der Waals surface area contributed by atoms with Crippen LogP contribution in [0.15, 0.2) is 12.2 Å². The van der Waals surface area contributed by atoms with Gasteiger partial charge in [-0.2, -0.15) is 0 Å². The molecule has 3 fully saturated rings. The van der Waals surface area contributed by atoms with Gasteiger partial charge in [-0.25, -0.2) is 4.79 Å². The van der Waals surface area contributed by atoms with Crippen LogP contribution >= 0.6 is 0 Å². The average Bonchev–Trinajstić information content (AvgIpc) is 3.23. The molecule has 0 spiro atoms. The van der Waals surface area contributed by atoms with E-state index in [4.69, 9.17) is 14.2 Å². The van der Waals surface area contributed by atoms with Gasteiger partial charge in [-0.3, -0.25) is 9.59 Å². The topological polar surface area (TPSA) is 78.9 Å². The van der Waals surface area contributed by atoms with Crippen LogP contribution in [0.2, 0.25) is 0 Å². The molecule has 0 N–H and O–H groups in total. The number of ether oxygens (including phenoxy) is 3. The molecule has 7 unspecified atom stereocenters. The van der Waals surface area contributed by atoms with Gasteiger partial charge in [0.1, 0.15) is 6.10 Å². The molecule has 132 valence electrons. The third-order valence-corrected chi connectivity index (χ3v) is 6.16. The molecule has 6 nitrogen and oxygen atoms in total. The van der Waals surface area contributed by atoms with Gasteiger partial charge in [0.2, 0.25) is 0 Å². The van der Waals surface area contributed by atoms with E-state index < -0.39 is 11.8 Å². The van der Waals surface area contributed by atoms with Crippen molar-refractivity contribution < 1.29 is 28.6 Å². The van der Waals surface area contributed by atoms with Gasteiger partial charge in [-0.1, -0.05) is 6.58 Å². The third-order valence-electron chi connectivity index (χ3n) is 6.16. The Hall–Kier alpha value is -1.85. The molecule has 0 aromatic carbocycles. The Morgan fingerprint density at radius 2 is 1.50 bits per heavy atom. The zero-order valence-corrected chi connectivity index (χ0v) is 14.3. The first-order chi connectivity index (χ1) is 11.4. The van der Waals surface area contributed by atoms with Gasteiger partial charge in [-0.15, -0.1) is 0 Å². The van der Waals surface area contributed by atoms with E-state index >= 15 is 0 Å². The Kier molecular flexibility index (Phi) is 4.40. The highest BCUT2D eigenvalue weighted by Gasteiger charge is 2.66. The molecule has 6 heteroatoms. The van der Waals surface area contributed by atoms with Crippen molar-refractivity contribution in [1.82, 2.24) is 0 Å². The van der Waals surface area contributed by atoms with E-state index in [-0.39, 0.29) is 41.8 Å². The largest absolute Gasteiger partial charge is 0.469 e. The maximum atomic E-state index is 12.3. The second-order valence-corrected chi connectivity index (χ2v) is 7.20. The molecule has 24 heavy (non-hydrogen) atoms. The van der Waals surface area contributed by atoms with Crippen LogP contribution in [0.4, 0.5) is 0 Å². The standard InChI is InChI=1S/C18H24O6/c1-8(2)16(19)24-12-6-5-9-10-7-11(13(9)12)15(18(21)23-4)14(10)17(20)22-3/h9-15H,1,5-7H2,2-4H3. The van der Waals surface area contributed by atoms with E-state index in [1.165, 1.54) is 14.2 Å². The molecule has 0 radical (unpaired) electrons. The van der Waals surface area contributed by atoms with Crippen LogP contribution < -0.4 is 0 Å². The van der Waals surface area contributed by atoms with Crippen LogP contribution in [0.1, 0.15) is 26.2 Å². The molecule has 0 aliphatic heterocycles. The summed E-state index contributed by atoms with van der Waals surface area (Å²) < 4.78 is 15.5. The summed E-state index contributed by atoms with van der Waals surface area (Å²) in [5.74, 6) is -1.52. The lowest BCUT2D eigenvalue weighted by Crippen LogP contribution is -2.44. The van der Waals surface area contributed by atoms with Crippen LogP contribution in [0.25, 0.3) is 0 Å². The van der Waals surface area contributed by atoms with Crippen LogP contribution in [-0.4, -0.2) is 38.2 Å². The number of methoxy groups -OCH3 is 2. The van der Waals surface area contributed by atoms with Crippen molar-refractivity contribution in [3.8, 4) is 0 Å². The normalized spacial score (nSPS) is 39.2. The molecule has 3 rings (SSSR count). The van der Waals surface area contributed by atoms with Gasteiger partial charge in [0.15, 0.2) is 0 Å². The summed E-state index contributed by atoms with van der Waals surface area (Å²) in [5.41, 5.74) is 0.374. The number of rotatable bonds is 4. The molecule has 2 bridgehead atoms. The first kappa shape index (κ1) is 17.0. The Bertz CT molecular complexity index is 582. The lowest BCUT2D eigenvalue weighted by atomic mass is 9.69. The highest BCUT2D eigenvalue weighted by molar-refractivity contribution is 5.87. The lowest BCUT2D eigenvalue weighted by Gasteiger charge is -2.36. The predicted molar refractivity (Wildman–Crippen MR) is 83.5 cm³/mol. The number of carbonyl (C=O) groups excluding carboxylic acids is 3. The molecule has 7 atom stereocenters. The third kappa shape index (κ3) is 2.43. The fourth-order valence-electron chi connectivity index (χ4n) is 5.38. The highest BCUT2D eigenvalue weighted by atomic mass is 16.5. The van der Waals surface area contributed by atoms with Crippen molar-refractivity contribution in [2.75, 3.05) is 14.2 Å². The summed E-state index contributed by atoms with van der Waals surface area (Å²) in [6.45, 7) is 5.25. The molecule has 3 aliphatic carbocycles. The lowest BCUT2D eigenvalue weighted by molar-refractivity contribution is -0.165. The first-order valence-electron chi connectivity index (χ1n) is 8.42. The summed E-state index contributed by atoms with van der Waals surface area (Å²) in [4.78, 5) is 36.4. The quantitative estimate of drug-likeness (QED) is 0.442. The molecule has 3 saturated carbocycles. The molecule has 0 aromatic heterocycles. The van der Waals surface area contributed by atoms with Crippen molar-refractivity contribution in [3.05, 3.63) is 12.2 Å². The van der Waals surface area contributed by atoms with Crippen molar-refractivity contribution in [2.24, 2.45) is 35.5 Å². The minimum atomic E-state index is -0.502. The smallest absolute Gasteiger partial charge is 0.333 e. The van der Waals surface area contributed by atoms with Crippen molar-refractivity contribution in [1.29, 1.82) is 0 Å². The molecule has 3 aliphatic rings. The second-order valence-electron chi connectivity index (χ2n) is 7.20. The Balaban J connectivity index is 1.85. The van der Waals surface area contributed by atoms with Crippen molar-refractivity contribution in [3.63, 3.8) is 0 Å². The molecule has 0 amide bonds. The Labute approximate surface area is 141 Å². The molecular formula is C18H24O6. The summed E-state index contributed by atoms with van der Waals surface area (Å²) >= 11 is 0. The average molecular weight is 336 g/mol. The Morgan fingerprint density at radius 1 is 0.917 bits per heavy atom. The van der Waals surface area contributed by atoms with Gasteiger partial charge in [-0.05, 0) is 43.9 Å². The Morgan fingerprint density at radius 3 is 2.04 bits per heavy atom. The van der Waals surface area contributed by atoms with E-state index in [2.05, 4.69) is 6.58 Å². The van der Waals surface area contributed by atoms with Gasteiger partial charge in [0.25, 0.3) is 0 Å². The van der Waals surface area contributed by atoms with Crippen molar-refractivity contribution >= 4 is 17.9 Å². The molecule has 0 aromatic rings. The molecule has 0 saturated heterocycles. The van der Waals surface area contributed by atoms with Crippen LogP contribution in [0.3, 0.4) is 0 Å². The van der Waals surface area contributed by atoms with Crippen LogP contribution in [-0.2, 0) is 28.6 Å². The summed E-state index contributed by atoms with van der Waals surface area (Å²) in [5, 5.41) is 0. The number of fused-ring (bicyclic) bond motifs is 5. The summed E-state index contributed by atoms with van der Waals surface area (Å²) in [6.07, 6.45) is 2.25. The van der Waals surface area contributed by atoms with E-state index in [1.807, 2.05) is 0 Å². The first-order valence-corrected chi connectivity index (χ1v) is 8.42. The predicted octanol–water partition coefficient (Wildman–Crippen LogP) is 1.73. The fourth-order valence-corrected chi connectivity index (χ4v) is 5.38. The monoisotopic (exact) mass is 336 g/mol. The zero-order valence-electron chi connectivity index (χ0n) is 14.3. The fraction of sp³-hybridized carbons (Fsp3) is 0.722. The van der Waals surface area contributed by atoms with Gasteiger partial charge in [0.05, 0.1) is 26.1 Å². The van der Waals surface area contributed by atoms with Gasteiger partial charge < -0.3 is 14.2 Å². The number of hydrogen-bond acceptors (Lipinski definition) is 6. The highest BCUT2D eigenvalue weighted by Crippen LogP contribution is 2.64. The van der Waals surface area contributed by atoms with E-state index in [9.17, 15) is 14.4 Å². The maximum absolute atomic E-state index is 12.3.